The van der Waals surface area contributed by atoms with Gasteiger partial charge in [0.15, 0.2) is 0 Å². The molecule has 2 aliphatic rings. The zero-order valence-corrected chi connectivity index (χ0v) is 16.9. The smallest absolute Gasteiger partial charge is 0.250 e. The minimum atomic E-state index is -0.487. The van der Waals surface area contributed by atoms with E-state index in [-0.39, 0.29) is 18.5 Å². The standard InChI is InChI=1S/C23H28N4O2/c1-16-13-17-7-3-4-8-21(17)27(16)22(28)15-25-20-10-9-18(14-19(20)23(24)29)26-11-5-2-6-12-26/h3-4,7-10,14,16,25H,2,5-6,11-13,15H2,1H3,(H2,24,29)/t16-/m1/s1. The maximum absolute atomic E-state index is 12.9. The predicted molar refractivity (Wildman–Crippen MR) is 117 cm³/mol. The van der Waals surface area contributed by atoms with Gasteiger partial charge in [-0.1, -0.05) is 18.2 Å². The fourth-order valence-corrected chi connectivity index (χ4v) is 4.44. The molecule has 6 nitrogen and oxygen atoms in total. The first-order valence-electron chi connectivity index (χ1n) is 10.4. The molecule has 1 fully saturated rings. The average molecular weight is 393 g/mol. The third-order valence-corrected chi connectivity index (χ3v) is 5.90. The number of fused-ring (bicyclic) bond motifs is 1. The van der Waals surface area contributed by atoms with Crippen molar-refractivity contribution in [2.45, 2.75) is 38.6 Å². The summed E-state index contributed by atoms with van der Waals surface area (Å²) in [6, 6.07) is 13.8. The number of benzene rings is 2. The first kappa shape index (κ1) is 19.3. The van der Waals surface area contributed by atoms with Crippen LogP contribution in [-0.2, 0) is 11.2 Å². The van der Waals surface area contributed by atoms with Crippen molar-refractivity contribution in [1.29, 1.82) is 0 Å². The molecule has 0 aliphatic carbocycles. The van der Waals surface area contributed by atoms with Gasteiger partial charge in [0.05, 0.1) is 12.1 Å². The molecule has 0 bridgehead atoms. The molecule has 0 unspecified atom stereocenters. The lowest BCUT2D eigenvalue weighted by Crippen LogP contribution is -2.39. The van der Waals surface area contributed by atoms with E-state index in [1.54, 1.807) is 0 Å². The number of anilines is 3. The van der Waals surface area contributed by atoms with Gasteiger partial charge in [0.1, 0.15) is 0 Å². The van der Waals surface area contributed by atoms with Crippen LogP contribution in [0, 0.1) is 0 Å². The highest BCUT2D eigenvalue weighted by atomic mass is 16.2. The number of nitrogens with one attached hydrogen (secondary N) is 1. The van der Waals surface area contributed by atoms with E-state index in [2.05, 4.69) is 23.2 Å². The zero-order chi connectivity index (χ0) is 20.4. The molecule has 2 aliphatic heterocycles. The Balaban J connectivity index is 1.49. The minimum absolute atomic E-state index is 0.0158. The number of primary amides is 1. The number of carbonyl (C=O) groups excluding carboxylic acids is 2. The highest BCUT2D eigenvalue weighted by Gasteiger charge is 2.30. The van der Waals surface area contributed by atoms with Crippen molar-refractivity contribution in [1.82, 2.24) is 0 Å². The number of nitrogens with two attached hydrogens (primary N) is 1. The molecule has 1 saturated heterocycles. The number of rotatable bonds is 5. The third-order valence-electron chi connectivity index (χ3n) is 5.90. The summed E-state index contributed by atoms with van der Waals surface area (Å²) in [6.45, 7) is 4.16. The van der Waals surface area contributed by atoms with Crippen LogP contribution in [0.5, 0.6) is 0 Å². The number of nitrogens with zero attached hydrogens (tertiary/aromatic N) is 2. The number of carbonyl (C=O) groups is 2. The topological polar surface area (TPSA) is 78.7 Å². The predicted octanol–water partition coefficient (Wildman–Crippen LogP) is 3.17. The van der Waals surface area contributed by atoms with Crippen LogP contribution in [0.2, 0.25) is 0 Å². The Morgan fingerprint density at radius 2 is 1.86 bits per heavy atom. The second kappa shape index (κ2) is 8.15. The van der Waals surface area contributed by atoms with Gasteiger partial charge in [-0.05, 0) is 62.4 Å². The van der Waals surface area contributed by atoms with Crippen molar-refractivity contribution in [2.75, 3.05) is 34.8 Å². The van der Waals surface area contributed by atoms with Crippen LogP contribution in [0.15, 0.2) is 42.5 Å². The van der Waals surface area contributed by atoms with Crippen molar-refractivity contribution in [3.8, 4) is 0 Å². The quantitative estimate of drug-likeness (QED) is 0.819. The summed E-state index contributed by atoms with van der Waals surface area (Å²) in [5.41, 5.74) is 9.84. The van der Waals surface area contributed by atoms with Crippen molar-refractivity contribution < 1.29 is 9.59 Å². The van der Waals surface area contributed by atoms with E-state index in [1.165, 1.54) is 12.0 Å². The number of hydrogen-bond donors (Lipinski definition) is 2. The van der Waals surface area contributed by atoms with Crippen LogP contribution in [0.1, 0.15) is 42.1 Å². The van der Waals surface area contributed by atoms with Gasteiger partial charge in [0.25, 0.3) is 5.91 Å². The van der Waals surface area contributed by atoms with E-state index in [1.807, 2.05) is 41.3 Å². The Morgan fingerprint density at radius 3 is 2.62 bits per heavy atom. The zero-order valence-electron chi connectivity index (χ0n) is 16.9. The van der Waals surface area contributed by atoms with Gasteiger partial charge in [0.2, 0.25) is 5.91 Å². The molecule has 0 saturated carbocycles. The van der Waals surface area contributed by atoms with Gasteiger partial charge in [0, 0.05) is 36.2 Å². The molecule has 29 heavy (non-hydrogen) atoms. The molecular weight excluding hydrogens is 364 g/mol. The van der Waals surface area contributed by atoms with E-state index >= 15 is 0 Å². The van der Waals surface area contributed by atoms with Crippen LogP contribution in [0.4, 0.5) is 17.1 Å². The second-order valence-electron chi connectivity index (χ2n) is 7.94. The fourth-order valence-electron chi connectivity index (χ4n) is 4.44. The fraction of sp³-hybridized carbons (Fsp3) is 0.391. The Labute approximate surface area is 171 Å². The minimum Gasteiger partial charge on any atom is -0.375 e. The van der Waals surface area contributed by atoms with E-state index < -0.39 is 5.91 Å². The second-order valence-corrected chi connectivity index (χ2v) is 7.94. The first-order chi connectivity index (χ1) is 14.0. The van der Waals surface area contributed by atoms with Crippen molar-refractivity contribution in [3.63, 3.8) is 0 Å². The highest BCUT2D eigenvalue weighted by molar-refractivity contribution is 6.02. The molecule has 0 radical (unpaired) electrons. The summed E-state index contributed by atoms with van der Waals surface area (Å²) in [7, 11) is 0. The summed E-state index contributed by atoms with van der Waals surface area (Å²) < 4.78 is 0. The summed E-state index contributed by atoms with van der Waals surface area (Å²) in [6.07, 6.45) is 4.43. The molecular formula is C23H28N4O2. The Morgan fingerprint density at radius 1 is 1.10 bits per heavy atom. The molecule has 1 atom stereocenters. The Bertz CT molecular complexity index is 921. The van der Waals surface area contributed by atoms with Gasteiger partial charge in [-0.15, -0.1) is 0 Å². The van der Waals surface area contributed by atoms with Crippen LogP contribution < -0.4 is 20.9 Å². The van der Waals surface area contributed by atoms with Crippen LogP contribution in [-0.4, -0.2) is 37.5 Å². The number of hydrogen-bond acceptors (Lipinski definition) is 4. The molecule has 0 aromatic heterocycles. The summed E-state index contributed by atoms with van der Waals surface area (Å²) >= 11 is 0. The van der Waals surface area contributed by atoms with Crippen LogP contribution in [0.3, 0.4) is 0 Å². The molecule has 2 amide bonds. The summed E-state index contributed by atoms with van der Waals surface area (Å²) in [4.78, 5) is 29.1. The van der Waals surface area contributed by atoms with E-state index in [9.17, 15) is 9.59 Å². The molecule has 2 heterocycles. The summed E-state index contributed by atoms with van der Waals surface area (Å²) in [5, 5.41) is 3.14. The lowest BCUT2D eigenvalue weighted by molar-refractivity contribution is -0.117. The van der Waals surface area contributed by atoms with Gasteiger partial charge >= 0.3 is 0 Å². The molecule has 0 spiro atoms. The molecule has 6 heteroatoms. The third kappa shape index (κ3) is 3.92. The van der Waals surface area contributed by atoms with Crippen LogP contribution >= 0.6 is 0 Å². The largest absolute Gasteiger partial charge is 0.375 e. The number of piperidine rings is 1. The van der Waals surface area contributed by atoms with Gasteiger partial charge in [-0.3, -0.25) is 9.59 Å². The monoisotopic (exact) mass is 392 g/mol. The van der Waals surface area contributed by atoms with Gasteiger partial charge in [-0.2, -0.15) is 0 Å². The van der Waals surface area contributed by atoms with Crippen molar-refractivity contribution >= 4 is 28.9 Å². The molecule has 2 aromatic carbocycles. The lowest BCUT2D eigenvalue weighted by Gasteiger charge is -2.29. The maximum Gasteiger partial charge on any atom is 0.250 e. The first-order valence-corrected chi connectivity index (χ1v) is 10.4. The molecule has 4 rings (SSSR count). The molecule has 3 N–H and O–H groups in total. The maximum atomic E-state index is 12.9. The Hall–Kier alpha value is -3.02. The van der Waals surface area contributed by atoms with E-state index in [4.69, 9.17) is 5.73 Å². The lowest BCUT2D eigenvalue weighted by atomic mass is 10.1. The number of amides is 2. The average Bonchev–Trinajstić information content (AvgIpc) is 3.08. The van der Waals surface area contributed by atoms with Crippen molar-refractivity contribution in [2.24, 2.45) is 5.73 Å². The Kier molecular flexibility index (Phi) is 5.43. The SMILES string of the molecule is C[C@@H]1Cc2ccccc2N1C(=O)CNc1ccc(N2CCCCC2)cc1C(N)=O. The summed E-state index contributed by atoms with van der Waals surface area (Å²) in [5.74, 6) is -0.503. The molecule has 152 valence electrons. The van der Waals surface area contributed by atoms with E-state index in [0.29, 0.717) is 11.3 Å². The van der Waals surface area contributed by atoms with Gasteiger partial charge in [-0.25, -0.2) is 0 Å². The van der Waals surface area contributed by atoms with Crippen LogP contribution in [0.25, 0.3) is 0 Å². The number of para-hydroxylation sites is 1. The molecule has 2 aromatic rings. The van der Waals surface area contributed by atoms with E-state index in [0.717, 1.165) is 43.7 Å². The highest BCUT2D eigenvalue weighted by Crippen LogP contribution is 2.32. The van der Waals surface area contributed by atoms with Crippen molar-refractivity contribution in [3.05, 3.63) is 53.6 Å². The normalized spacial score (nSPS) is 18.4. The van der Waals surface area contributed by atoms with Gasteiger partial charge < -0.3 is 20.9 Å².